The molecule has 0 bridgehead atoms. The second-order valence-electron chi connectivity index (χ2n) is 5.65. The first-order valence-corrected chi connectivity index (χ1v) is 10.4. The molecule has 6 nitrogen and oxygen atoms in total. The zero-order valence-corrected chi connectivity index (χ0v) is 16.5. The number of sulfone groups is 1. The number of ether oxygens (including phenoxy) is 1. The molecule has 0 aliphatic carbocycles. The van der Waals surface area contributed by atoms with Gasteiger partial charge in [0.25, 0.3) is 0 Å². The number of furan rings is 1. The minimum atomic E-state index is -3.21. The van der Waals surface area contributed by atoms with Gasteiger partial charge < -0.3 is 14.1 Å². The van der Waals surface area contributed by atoms with Crippen molar-refractivity contribution in [3.05, 3.63) is 46.8 Å². The number of carbonyl (C=O) groups is 1. The maximum atomic E-state index is 12.1. The molecule has 1 amide bonds. The largest absolute Gasteiger partial charge is 0.494 e. The number of carbonyl (C=O) groups excluding carboxylic acids is 1. The van der Waals surface area contributed by atoms with Crippen LogP contribution >= 0.6 is 15.9 Å². The van der Waals surface area contributed by atoms with Crippen molar-refractivity contribution in [2.45, 2.75) is 24.3 Å². The van der Waals surface area contributed by atoms with E-state index in [2.05, 4.69) is 15.9 Å². The summed E-state index contributed by atoms with van der Waals surface area (Å²) in [6, 6.07) is 9.84. The van der Waals surface area contributed by atoms with Gasteiger partial charge in [-0.05, 0) is 58.7 Å². The van der Waals surface area contributed by atoms with Gasteiger partial charge in [0.1, 0.15) is 11.5 Å². The average Bonchev–Trinajstić information content (AvgIpc) is 2.96. The lowest BCUT2D eigenvalue weighted by molar-refractivity contribution is -0.130. The zero-order valence-electron chi connectivity index (χ0n) is 14.1. The van der Waals surface area contributed by atoms with Crippen LogP contribution in [0.1, 0.15) is 18.6 Å². The summed E-state index contributed by atoms with van der Waals surface area (Å²) in [5, 5.41) is 0. The molecule has 25 heavy (non-hydrogen) atoms. The molecule has 1 aromatic carbocycles. The summed E-state index contributed by atoms with van der Waals surface area (Å²) < 4.78 is 34.3. The van der Waals surface area contributed by atoms with Gasteiger partial charge in [0, 0.05) is 19.7 Å². The van der Waals surface area contributed by atoms with E-state index in [0.717, 1.165) is 6.26 Å². The van der Waals surface area contributed by atoms with Crippen LogP contribution in [0, 0.1) is 0 Å². The van der Waals surface area contributed by atoms with Gasteiger partial charge in [-0.1, -0.05) is 0 Å². The first-order chi connectivity index (χ1) is 11.8. The van der Waals surface area contributed by atoms with E-state index in [-0.39, 0.29) is 10.8 Å². The van der Waals surface area contributed by atoms with Crippen molar-refractivity contribution in [3.8, 4) is 5.75 Å². The fraction of sp³-hybridized carbons (Fsp3) is 0.353. The Morgan fingerprint density at radius 3 is 2.44 bits per heavy atom. The number of hydrogen-bond donors (Lipinski definition) is 0. The summed E-state index contributed by atoms with van der Waals surface area (Å²) >= 11 is 3.23. The van der Waals surface area contributed by atoms with Gasteiger partial charge >= 0.3 is 0 Å². The van der Waals surface area contributed by atoms with Crippen molar-refractivity contribution >= 4 is 31.7 Å². The highest BCUT2D eigenvalue weighted by Gasteiger charge is 2.11. The summed E-state index contributed by atoms with van der Waals surface area (Å²) in [7, 11) is -1.48. The standard InChI is InChI=1S/C17H20BrNO5S/c1-19(12-14-7-10-16(18)24-14)17(20)4-3-11-23-13-5-8-15(9-6-13)25(2,21)22/h5-10H,3-4,11-12H2,1-2H3. The lowest BCUT2D eigenvalue weighted by Crippen LogP contribution is -2.26. The third kappa shape index (κ3) is 6.21. The van der Waals surface area contributed by atoms with Crippen molar-refractivity contribution < 1.29 is 22.4 Å². The smallest absolute Gasteiger partial charge is 0.222 e. The van der Waals surface area contributed by atoms with Gasteiger partial charge in [-0.3, -0.25) is 4.79 Å². The Morgan fingerprint density at radius 1 is 1.20 bits per heavy atom. The van der Waals surface area contributed by atoms with Gasteiger partial charge in [-0.25, -0.2) is 8.42 Å². The summed E-state index contributed by atoms with van der Waals surface area (Å²) in [4.78, 5) is 13.9. The third-order valence-electron chi connectivity index (χ3n) is 3.50. The Labute approximate surface area is 155 Å². The molecule has 0 N–H and O–H groups in total. The molecule has 0 atom stereocenters. The van der Waals surface area contributed by atoms with Crippen LogP contribution in [0.3, 0.4) is 0 Å². The molecule has 1 aromatic heterocycles. The first-order valence-electron chi connectivity index (χ1n) is 7.67. The molecular weight excluding hydrogens is 410 g/mol. The highest BCUT2D eigenvalue weighted by atomic mass is 79.9. The monoisotopic (exact) mass is 429 g/mol. The highest BCUT2D eigenvalue weighted by molar-refractivity contribution is 9.10. The van der Waals surface area contributed by atoms with Gasteiger partial charge in [0.05, 0.1) is 18.0 Å². The summed E-state index contributed by atoms with van der Waals surface area (Å²) in [5.41, 5.74) is 0. The number of nitrogens with zero attached hydrogens (tertiary/aromatic N) is 1. The number of hydrogen-bond acceptors (Lipinski definition) is 5. The lowest BCUT2D eigenvalue weighted by Gasteiger charge is -2.15. The van der Waals surface area contributed by atoms with Gasteiger partial charge in [-0.15, -0.1) is 0 Å². The van der Waals surface area contributed by atoms with Gasteiger partial charge in [0.2, 0.25) is 5.91 Å². The van der Waals surface area contributed by atoms with Gasteiger partial charge in [0.15, 0.2) is 14.5 Å². The van der Waals surface area contributed by atoms with Crippen LogP contribution in [-0.4, -0.2) is 39.1 Å². The quantitative estimate of drug-likeness (QED) is 0.601. The molecular formula is C17H20BrNO5S. The maximum absolute atomic E-state index is 12.1. The van der Waals surface area contributed by atoms with Crippen molar-refractivity contribution in [3.63, 3.8) is 0 Å². The van der Waals surface area contributed by atoms with E-state index in [1.54, 1.807) is 30.1 Å². The molecule has 0 radical (unpaired) electrons. The van der Waals surface area contributed by atoms with Gasteiger partial charge in [-0.2, -0.15) is 0 Å². The molecule has 0 aliphatic heterocycles. The fourth-order valence-corrected chi connectivity index (χ4v) is 3.12. The fourth-order valence-electron chi connectivity index (χ4n) is 2.15. The van der Waals surface area contributed by atoms with E-state index in [0.29, 0.717) is 42.2 Å². The van der Waals surface area contributed by atoms with Crippen LogP contribution in [0.25, 0.3) is 0 Å². The Bertz CT molecular complexity index is 814. The molecule has 0 fully saturated rings. The number of amides is 1. The molecule has 0 saturated heterocycles. The van der Waals surface area contributed by atoms with E-state index in [4.69, 9.17) is 9.15 Å². The predicted octanol–water partition coefficient (Wildman–Crippen LogP) is 3.26. The minimum Gasteiger partial charge on any atom is -0.494 e. The molecule has 1 heterocycles. The van der Waals surface area contributed by atoms with E-state index >= 15 is 0 Å². The molecule has 8 heteroatoms. The normalized spacial score (nSPS) is 11.3. The topological polar surface area (TPSA) is 76.8 Å². The summed E-state index contributed by atoms with van der Waals surface area (Å²) in [6.45, 7) is 0.794. The van der Waals surface area contributed by atoms with Crippen LogP contribution in [0.2, 0.25) is 0 Å². The van der Waals surface area contributed by atoms with E-state index < -0.39 is 9.84 Å². The van der Waals surface area contributed by atoms with Crippen LogP contribution in [0.15, 0.2) is 50.4 Å². The van der Waals surface area contributed by atoms with Crippen molar-refractivity contribution in [2.24, 2.45) is 0 Å². The maximum Gasteiger partial charge on any atom is 0.222 e. The highest BCUT2D eigenvalue weighted by Crippen LogP contribution is 2.17. The number of halogens is 1. The zero-order chi connectivity index (χ0) is 18.4. The molecule has 0 unspecified atom stereocenters. The Kier molecular flexibility index (Phi) is 6.66. The number of benzene rings is 1. The Morgan fingerprint density at radius 2 is 1.88 bits per heavy atom. The summed E-state index contributed by atoms with van der Waals surface area (Å²) in [6.07, 6.45) is 2.09. The molecule has 2 rings (SSSR count). The Balaban J connectivity index is 1.72. The molecule has 136 valence electrons. The second-order valence-corrected chi connectivity index (χ2v) is 8.45. The molecule has 0 saturated carbocycles. The van der Waals surface area contributed by atoms with E-state index in [1.165, 1.54) is 12.1 Å². The minimum absolute atomic E-state index is 0.00328. The summed E-state index contributed by atoms with van der Waals surface area (Å²) in [5.74, 6) is 1.29. The van der Waals surface area contributed by atoms with Crippen molar-refractivity contribution in [1.29, 1.82) is 0 Å². The van der Waals surface area contributed by atoms with E-state index in [1.807, 2.05) is 6.07 Å². The Hall–Kier alpha value is -1.80. The van der Waals surface area contributed by atoms with Crippen LogP contribution in [0.5, 0.6) is 5.75 Å². The van der Waals surface area contributed by atoms with Crippen LogP contribution in [0.4, 0.5) is 0 Å². The first kappa shape index (κ1) is 19.5. The predicted molar refractivity (Wildman–Crippen MR) is 97.2 cm³/mol. The molecule has 0 spiro atoms. The lowest BCUT2D eigenvalue weighted by atomic mass is 10.3. The van der Waals surface area contributed by atoms with Crippen molar-refractivity contribution in [2.75, 3.05) is 19.9 Å². The second kappa shape index (κ2) is 8.53. The molecule has 2 aromatic rings. The third-order valence-corrected chi connectivity index (χ3v) is 5.06. The van der Waals surface area contributed by atoms with Crippen LogP contribution < -0.4 is 4.74 Å². The number of rotatable bonds is 8. The average molecular weight is 430 g/mol. The van der Waals surface area contributed by atoms with E-state index in [9.17, 15) is 13.2 Å². The molecule has 0 aliphatic rings. The SMILES string of the molecule is CN(Cc1ccc(Br)o1)C(=O)CCCOc1ccc(S(C)(=O)=O)cc1. The van der Waals surface area contributed by atoms with Crippen LogP contribution in [-0.2, 0) is 21.2 Å². The van der Waals surface area contributed by atoms with Crippen molar-refractivity contribution in [1.82, 2.24) is 4.90 Å².